The SMILES string of the molecule is CC[C@@H](Oc1ccccc1C)C(=O)Nc1ccc(Cl)cc1Cl. The highest BCUT2D eigenvalue weighted by Crippen LogP contribution is 2.26. The summed E-state index contributed by atoms with van der Waals surface area (Å²) in [5.74, 6) is 0.460. The van der Waals surface area contributed by atoms with Crippen LogP contribution < -0.4 is 10.1 Å². The fourth-order valence-electron chi connectivity index (χ4n) is 1.97. The van der Waals surface area contributed by atoms with Crippen LogP contribution in [0, 0.1) is 6.92 Å². The number of nitrogens with one attached hydrogen (secondary N) is 1. The third kappa shape index (κ3) is 4.15. The molecule has 1 atom stereocenters. The summed E-state index contributed by atoms with van der Waals surface area (Å²) in [4.78, 5) is 12.4. The Balaban J connectivity index is 2.10. The van der Waals surface area contributed by atoms with Crippen LogP contribution in [0.4, 0.5) is 5.69 Å². The molecule has 1 amide bonds. The first-order chi connectivity index (χ1) is 10.5. The van der Waals surface area contributed by atoms with Crippen molar-refractivity contribution in [2.24, 2.45) is 0 Å². The quantitative estimate of drug-likeness (QED) is 0.824. The van der Waals surface area contributed by atoms with Gasteiger partial charge in [0.2, 0.25) is 0 Å². The van der Waals surface area contributed by atoms with Gasteiger partial charge in [-0.05, 0) is 43.2 Å². The molecule has 0 aliphatic carbocycles. The van der Waals surface area contributed by atoms with Crippen LogP contribution in [0.5, 0.6) is 5.75 Å². The smallest absolute Gasteiger partial charge is 0.265 e. The Morgan fingerprint density at radius 2 is 1.95 bits per heavy atom. The van der Waals surface area contributed by atoms with E-state index >= 15 is 0 Å². The number of halogens is 2. The summed E-state index contributed by atoms with van der Waals surface area (Å²) in [6.45, 7) is 3.84. The monoisotopic (exact) mass is 337 g/mol. The van der Waals surface area contributed by atoms with Gasteiger partial charge in [0, 0.05) is 5.02 Å². The number of hydrogen-bond acceptors (Lipinski definition) is 2. The maximum Gasteiger partial charge on any atom is 0.265 e. The lowest BCUT2D eigenvalue weighted by atomic mass is 10.2. The summed E-state index contributed by atoms with van der Waals surface area (Å²) >= 11 is 11.9. The molecule has 0 spiro atoms. The molecular weight excluding hydrogens is 321 g/mol. The Kier molecular flexibility index (Phi) is 5.69. The number of carbonyl (C=O) groups excluding carboxylic acids is 1. The van der Waals surface area contributed by atoms with Crippen molar-refractivity contribution in [3.05, 3.63) is 58.1 Å². The van der Waals surface area contributed by atoms with Crippen LogP contribution in [0.15, 0.2) is 42.5 Å². The standard InChI is InChI=1S/C17H17Cl2NO2/c1-3-15(22-16-7-5-4-6-11(16)2)17(21)20-14-9-8-12(18)10-13(14)19/h4-10,15H,3H2,1-2H3,(H,20,21)/t15-/m1/s1. The minimum atomic E-state index is -0.590. The van der Waals surface area contributed by atoms with Crippen LogP contribution in [0.1, 0.15) is 18.9 Å². The molecule has 0 aromatic heterocycles. The number of benzene rings is 2. The van der Waals surface area contributed by atoms with E-state index in [0.717, 1.165) is 5.56 Å². The highest BCUT2D eigenvalue weighted by atomic mass is 35.5. The molecule has 2 aromatic carbocycles. The average molecular weight is 338 g/mol. The predicted molar refractivity (Wildman–Crippen MR) is 91.0 cm³/mol. The van der Waals surface area contributed by atoms with E-state index in [1.807, 2.05) is 38.1 Å². The minimum absolute atomic E-state index is 0.241. The summed E-state index contributed by atoms with van der Waals surface area (Å²) in [6.07, 6.45) is -0.0430. The van der Waals surface area contributed by atoms with Gasteiger partial charge in [-0.15, -0.1) is 0 Å². The van der Waals surface area contributed by atoms with Crippen LogP contribution in [0.3, 0.4) is 0 Å². The number of rotatable bonds is 5. The lowest BCUT2D eigenvalue weighted by Gasteiger charge is -2.19. The van der Waals surface area contributed by atoms with E-state index < -0.39 is 6.10 Å². The molecule has 0 fully saturated rings. The van der Waals surface area contributed by atoms with E-state index in [1.54, 1.807) is 18.2 Å². The van der Waals surface area contributed by atoms with Gasteiger partial charge >= 0.3 is 0 Å². The number of amides is 1. The van der Waals surface area contributed by atoms with Gasteiger partial charge in [-0.3, -0.25) is 4.79 Å². The van der Waals surface area contributed by atoms with Gasteiger partial charge in [-0.2, -0.15) is 0 Å². The Hall–Kier alpha value is -1.71. The van der Waals surface area contributed by atoms with E-state index in [9.17, 15) is 4.79 Å². The summed E-state index contributed by atoms with van der Waals surface area (Å²) in [5.41, 5.74) is 1.50. The number of ether oxygens (including phenoxy) is 1. The second-order valence-corrected chi connectivity index (χ2v) is 5.74. The first-order valence-electron chi connectivity index (χ1n) is 6.99. The van der Waals surface area contributed by atoms with Crippen LogP contribution in [0.25, 0.3) is 0 Å². The van der Waals surface area contributed by atoms with Crippen LogP contribution >= 0.6 is 23.2 Å². The normalized spacial score (nSPS) is 11.8. The number of anilines is 1. The molecule has 2 aromatic rings. The van der Waals surface area contributed by atoms with E-state index in [4.69, 9.17) is 27.9 Å². The molecule has 0 aliphatic heterocycles. The van der Waals surface area contributed by atoms with E-state index in [-0.39, 0.29) is 5.91 Å². The van der Waals surface area contributed by atoms with Crippen molar-refractivity contribution < 1.29 is 9.53 Å². The Labute approximate surface area is 140 Å². The fourth-order valence-corrected chi connectivity index (χ4v) is 2.42. The number of para-hydroxylation sites is 1. The van der Waals surface area contributed by atoms with Gasteiger partial charge < -0.3 is 10.1 Å². The first-order valence-corrected chi connectivity index (χ1v) is 7.75. The zero-order valence-corrected chi connectivity index (χ0v) is 13.9. The molecule has 5 heteroatoms. The number of carbonyl (C=O) groups is 1. The van der Waals surface area contributed by atoms with Gasteiger partial charge in [-0.25, -0.2) is 0 Å². The van der Waals surface area contributed by atoms with Crippen molar-refractivity contribution >= 4 is 34.8 Å². The molecule has 2 rings (SSSR count). The van der Waals surface area contributed by atoms with Gasteiger partial charge in [0.1, 0.15) is 5.75 Å². The molecular formula is C17H17Cl2NO2. The summed E-state index contributed by atoms with van der Waals surface area (Å²) in [6, 6.07) is 12.5. The Morgan fingerprint density at radius 3 is 2.59 bits per heavy atom. The van der Waals surface area contributed by atoms with Crippen molar-refractivity contribution in [1.82, 2.24) is 0 Å². The van der Waals surface area contributed by atoms with Crippen molar-refractivity contribution in [2.45, 2.75) is 26.4 Å². The van der Waals surface area contributed by atoms with Gasteiger partial charge in [-0.1, -0.05) is 48.3 Å². The van der Waals surface area contributed by atoms with Gasteiger partial charge in [0.25, 0.3) is 5.91 Å². The minimum Gasteiger partial charge on any atom is -0.480 e. The molecule has 0 saturated heterocycles. The summed E-state index contributed by atoms with van der Waals surface area (Å²) < 4.78 is 5.81. The first kappa shape index (κ1) is 16.7. The van der Waals surface area contributed by atoms with E-state index in [2.05, 4.69) is 5.32 Å². The van der Waals surface area contributed by atoms with E-state index in [0.29, 0.717) is 27.9 Å². The average Bonchev–Trinajstić information content (AvgIpc) is 2.49. The second-order valence-electron chi connectivity index (χ2n) is 4.89. The molecule has 116 valence electrons. The molecule has 0 aliphatic rings. The third-order valence-electron chi connectivity index (χ3n) is 3.22. The lowest BCUT2D eigenvalue weighted by molar-refractivity contribution is -0.122. The molecule has 0 bridgehead atoms. The third-order valence-corrected chi connectivity index (χ3v) is 3.76. The van der Waals surface area contributed by atoms with Crippen molar-refractivity contribution in [2.75, 3.05) is 5.32 Å². The molecule has 1 N–H and O–H groups in total. The van der Waals surface area contributed by atoms with Crippen molar-refractivity contribution in [3.8, 4) is 5.75 Å². The summed E-state index contributed by atoms with van der Waals surface area (Å²) in [5, 5.41) is 3.69. The number of aryl methyl sites for hydroxylation is 1. The molecule has 0 heterocycles. The zero-order valence-electron chi connectivity index (χ0n) is 12.4. The highest BCUT2D eigenvalue weighted by molar-refractivity contribution is 6.36. The maximum absolute atomic E-state index is 12.4. The van der Waals surface area contributed by atoms with Gasteiger partial charge in [0.05, 0.1) is 10.7 Å². The number of hydrogen-bond donors (Lipinski definition) is 1. The van der Waals surface area contributed by atoms with Crippen molar-refractivity contribution in [3.63, 3.8) is 0 Å². The topological polar surface area (TPSA) is 38.3 Å². The largest absolute Gasteiger partial charge is 0.480 e. The van der Waals surface area contributed by atoms with Crippen LogP contribution in [-0.4, -0.2) is 12.0 Å². The highest BCUT2D eigenvalue weighted by Gasteiger charge is 2.20. The second kappa shape index (κ2) is 7.52. The van der Waals surface area contributed by atoms with Crippen LogP contribution in [0.2, 0.25) is 10.0 Å². The van der Waals surface area contributed by atoms with Gasteiger partial charge in [0.15, 0.2) is 6.10 Å². The molecule has 0 saturated carbocycles. The Bertz CT molecular complexity index is 673. The van der Waals surface area contributed by atoms with Crippen LogP contribution in [-0.2, 0) is 4.79 Å². The summed E-state index contributed by atoms with van der Waals surface area (Å²) in [7, 11) is 0. The maximum atomic E-state index is 12.4. The zero-order chi connectivity index (χ0) is 16.1. The lowest BCUT2D eigenvalue weighted by Crippen LogP contribution is -2.32. The molecule has 0 radical (unpaired) electrons. The molecule has 3 nitrogen and oxygen atoms in total. The van der Waals surface area contributed by atoms with E-state index in [1.165, 1.54) is 0 Å². The molecule has 0 unspecified atom stereocenters. The predicted octanol–water partition coefficient (Wildman–Crippen LogP) is 5.10. The Morgan fingerprint density at radius 1 is 1.23 bits per heavy atom. The molecule has 22 heavy (non-hydrogen) atoms. The van der Waals surface area contributed by atoms with Crippen molar-refractivity contribution in [1.29, 1.82) is 0 Å². The fraction of sp³-hybridized carbons (Fsp3) is 0.235.